The molecule has 0 aliphatic carbocycles. The highest BCUT2D eigenvalue weighted by molar-refractivity contribution is 5.76. The fraction of sp³-hybridized carbons (Fsp3) is 0.333. The van der Waals surface area contributed by atoms with Crippen LogP contribution in [0.25, 0.3) is 11.4 Å². The number of methoxy groups -OCH3 is 1. The number of hydrogen-bond acceptors (Lipinski definition) is 7. The summed E-state index contributed by atoms with van der Waals surface area (Å²) in [6.07, 6.45) is 0.202. The maximum atomic E-state index is 12.9. The molecule has 1 aromatic heterocycles. The first-order valence-electron chi connectivity index (χ1n) is 10.9. The molecule has 9 nitrogen and oxygen atoms in total. The van der Waals surface area contributed by atoms with Gasteiger partial charge in [0.05, 0.1) is 13.7 Å². The van der Waals surface area contributed by atoms with E-state index in [2.05, 4.69) is 20.5 Å². The maximum Gasteiger partial charge on any atom is 0.273 e. The van der Waals surface area contributed by atoms with Crippen LogP contribution >= 0.6 is 0 Å². The van der Waals surface area contributed by atoms with Gasteiger partial charge in [0, 0.05) is 31.6 Å². The van der Waals surface area contributed by atoms with Crippen LogP contribution < -0.4 is 20.3 Å². The molecular weight excluding hydrogens is 443 g/mol. The molecule has 2 aromatic carbocycles. The van der Waals surface area contributed by atoms with Gasteiger partial charge >= 0.3 is 0 Å². The molecule has 0 radical (unpaired) electrons. The van der Waals surface area contributed by atoms with Gasteiger partial charge in [-0.3, -0.25) is 9.59 Å². The summed E-state index contributed by atoms with van der Waals surface area (Å²) >= 11 is 0. The summed E-state index contributed by atoms with van der Waals surface area (Å²) in [5.41, 5.74) is 1.11. The van der Waals surface area contributed by atoms with Gasteiger partial charge in [0.15, 0.2) is 17.3 Å². The van der Waals surface area contributed by atoms with Gasteiger partial charge in [-0.05, 0) is 42.8 Å². The largest absolute Gasteiger partial charge is 0.493 e. The Hall–Kier alpha value is -3.79. The summed E-state index contributed by atoms with van der Waals surface area (Å²) in [6.45, 7) is 3.64. The zero-order chi connectivity index (χ0) is 24.3. The summed E-state index contributed by atoms with van der Waals surface area (Å²) in [7, 11) is 1.52. The van der Waals surface area contributed by atoms with E-state index in [0.717, 1.165) is 5.56 Å². The van der Waals surface area contributed by atoms with Crippen molar-refractivity contribution in [3.8, 4) is 22.9 Å². The molecule has 0 spiro atoms. The van der Waals surface area contributed by atoms with Crippen LogP contribution in [0.3, 0.4) is 0 Å². The molecule has 180 valence electrons. The van der Waals surface area contributed by atoms with Crippen LogP contribution in [0.2, 0.25) is 0 Å². The SMILES string of the molecule is CCOCCOc1ccc(-c2nnc(CCC(=O)NCc3ccc(F)cc3)c(=O)[nH]2)cc1OC. The second kappa shape index (κ2) is 12.4. The topological polar surface area (TPSA) is 115 Å². The molecular formula is C24H27FN4O5. The molecule has 0 unspecified atom stereocenters. The Kier molecular flexibility index (Phi) is 9.10. The smallest absolute Gasteiger partial charge is 0.273 e. The molecule has 0 aliphatic rings. The first-order chi connectivity index (χ1) is 16.5. The number of carbonyl (C=O) groups excluding carboxylic acids is 1. The molecule has 1 heterocycles. The fourth-order valence-corrected chi connectivity index (χ4v) is 3.07. The Labute approximate surface area is 196 Å². The Morgan fingerprint density at radius 1 is 1.09 bits per heavy atom. The van der Waals surface area contributed by atoms with Crippen molar-refractivity contribution < 1.29 is 23.4 Å². The van der Waals surface area contributed by atoms with Crippen molar-refractivity contribution in [3.63, 3.8) is 0 Å². The van der Waals surface area contributed by atoms with Crippen LogP contribution in [-0.2, 0) is 22.5 Å². The van der Waals surface area contributed by atoms with Gasteiger partial charge in [-0.25, -0.2) is 4.39 Å². The van der Waals surface area contributed by atoms with Crippen LogP contribution in [0.5, 0.6) is 11.5 Å². The van der Waals surface area contributed by atoms with Crippen LogP contribution in [0.4, 0.5) is 4.39 Å². The number of amides is 1. The predicted octanol–water partition coefficient (Wildman–Crippen LogP) is 2.64. The van der Waals surface area contributed by atoms with E-state index in [9.17, 15) is 14.0 Å². The standard InChI is InChI=1S/C24H27FN4O5/c1-3-33-12-13-34-20-10-6-17(14-21(20)32-2)23-27-24(31)19(28-29-23)9-11-22(30)26-15-16-4-7-18(25)8-5-16/h4-8,10,14H,3,9,11-13,15H2,1-2H3,(H,26,30)(H,27,29,31). The lowest BCUT2D eigenvalue weighted by Gasteiger charge is -2.12. The first-order valence-corrected chi connectivity index (χ1v) is 10.9. The predicted molar refractivity (Wildman–Crippen MR) is 123 cm³/mol. The molecule has 0 atom stereocenters. The van der Waals surface area contributed by atoms with Gasteiger partial charge < -0.3 is 24.5 Å². The zero-order valence-corrected chi connectivity index (χ0v) is 19.1. The number of aromatic nitrogens is 3. The average Bonchev–Trinajstić information content (AvgIpc) is 2.85. The Balaban J connectivity index is 1.58. The van der Waals surface area contributed by atoms with Crippen molar-refractivity contribution in [2.24, 2.45) is 0 Å². The van der Waals surface area contributed by atoms with E-state index >= 15 is 0 Å². The summed E-state index contributed by atoms with van der Waals surface area (Å²) in [5.74, 6) is 0.715. The van der Waals surface area contributed by atoms with Crippen molar-refractivity contribution in [3.05, 3.63) is 69.9 Å². The van der Waals surface area contributed by atoms with E-state index in [1.165, 1.54) is 19.2 Å². The van der Waals surface area contributed by atoms with Crippen molar-refractivity contribution in [1.29, 1.82) is 0 Å². The highest BCUT2D eigenvalue weighted by Crippen LogP contribution is 2.31. The lowest BCUT2D eigenvalue weighted by atomic mass is 10.2. The van der Waals surface area contributed by atoms with Crippen molar-refractivity contribution in [2.75, 3.05) is 26.9 Å². The van der Waals surface area contributed by atoms with Gasteiger partial charge in [-0.15, -0.1) is 10.2 Å². The molecule has 0 saturated heterocycles. The number of hydrogen-bond donors (Lipinski definition) is 2. The summed E-state index contributed by atoms with van der Waals surface area (Å²) in [4.78, 5) is 27.3. The molecule has 0 bridgehead atoms. The van der Waals surface area contributed by atoms with E-state index in [-0.39, 0.29) is 42.6 Å². The molecule has 0 saturated carbocycles. The number of nitrogens with zero attached hydrogens (tertiary/aromatic N) is 2. The normalized spacial score (nSPS) is 10.7. The molecule has 3 aromatic rings. The average molecular weight is 471 g/mol. The number of H-pyrrole nitrogens is 1. The van der Waals surface area contributed by atoms with Crippen LogP contribution in [-0.4, -0.2) is 48.0 Å². The Morgan fingerprint density at radius 2 is 1.88 bits per heavy atom. The van der Waals surface area contributed by atoms with Gasteiger partial charge in [-0.1, -0.05) is 12.1 Å². The molecule has 2 N–H and O–H groups in total. The Morgan fingerprint density at radius 3 is 2.59 bits per heavy atom. The van der Waals surface area contributed by atoms with E-state index in [1.807, 2.05) is 6.92 Å². The van der Waals surface area contributed by atoms with Crippen molar-refractivity contribution >= 4 is 5.91 Å². The summed E-state index contributed by atoms with van der Waals surface area (Å²) in [6, 6.07) is 11.0. The Bertz CT molecular complexity index is 1150. The number of aromatic amines is 1. The minimum atomic E-state index is -0.424. The fourth-order valence-electron chi connectivity index (χ4n) is 3.07. The molecule has 0 fully saturated rings. The number of carbonyl (C=O) groups is 1. The monoisotopic (exact) mass is 470 g/mol. The lowest BCUT2D eigenvalue weighted by molar-refractivity contribution is -0.121. The van der Waals surface area contributed by atoms with E-state index < -0.39 is 5.56 Å². The van der Waals surface area contributed by atoms with E-state index in [1.54, 1.807) is 30.3 Å². The van der Waals surface area contributed by atoms with E-state index in [0.29, 0.717) is 36.9 Å². The van der Waals surface area contributed by atoms with Gasteiger partial charge in [0.25, 0.3) is 5.56 Å². The molecule has 1 amide bonds. The van der Waals surface area contributed by atoms with Gasteiger partial charge in [0.1, 0.15) is 18.1 Å². The van der Waals surface area contributed by atoms with Crippen LogP contribution in [0.15, 0.2) is 47.3 Å². The highest BCUT2D eigenvalue weighted by Gasteiger charge is 2.12. The molecule has 34 heavy (non-hydrogen) atoms. The number of rotatable bonds is 12. The minimum absolute atomic E-state index is 0.0694. The van der Waals surface area contributed by atoms with Gasteiger partial charge in [-0.2, -0.15) is 0 Å². The minimum Gasteiger partial charge on any atom is -0.493 e. The lowest BCUT2D eigenvalue weighted by Crippen LogP contribution is -2.25. The first kappa shape index (κ1) is 24.8. The third kappa shape index (κ3) is 7.11. The number of aryl methyl sites for hydroxylation is 1. The third-order valence-corrected chi connectivity index (χ3v) is 4.88. The second-order valence-electron chi connectivity index (χ2n) is 7.26. The molecule has 3 rings (SSSR count). The van der Waals surface area contributed by atoms with Gasteiger partial charge in [0.2, 0.25) is 5.91 Å². The number of nitrogens with one attached hydrogen (secondary N) is 2. The zero-order valence-electron chi connectivity index (χ0n) is 19.1. The highest BCUT2D eigenvalue weighted by atomic mass is 19.1. The molecule has 10 heteroatoms. The van der Waals surface area contributed by atoms with Crippen LogP contribution in [0.1, 0.15) is 24.6 Å². The number of benzene rings is 2. The maximum absolute atomic E-state index is 12.9. The summed E-state index contributed by atoms with van der Waals surface area (Å²) in [5, 5.41) is 10.8. The van der Waals surface area contributed by atoms with Crippen molar-refractivity contribution in [1.82, 2.24) is 20.5 Å². The molecule has 0 aliphatic heterocycles. The van der Waals surface area contributed by atoms with Crippen LogP contribution in [0, 0.1) is 5.82 Å². The van der Waals surface area contributed by atoms with E-state index in [4.69, 9.17) is 14.2 Å². The quantitative estimate of drug-likeness (QED) is 0.391. The number of halogens is 1. The second-order valence-corrected chi connectivity index (χ2v) is 7.26. The number of ether oxygens (including phenoxy) is 3. The third-order valence-electron chi connectivity index (χ3n) is 4.88. The summed E-state index contributed by atoms with van der Waals surface area (Å²) < 4.78 is 29.2. The van der Waals surface area contributed by atoms with Crippen molar-refractivity contribution in [2.45, 2.75) is 26.3 Å².